The fourth-order valence-corrected chi connectivity index (χ4v) is 5.35. The monoisotopic (exact) mass is 401 g/mol. The number of nitrogens with zero attached hydrogens (tertiary/aromatic N) is 2. The Morgan fingerprint density at radius 1 is 1.03 bits per heavy atom. The number of benzene rings is 2. The molecule has 2 aliphatic rings. The van der Waals surface area contributed by atoms with Gasteiger partial charge in [0.2, 0.25) is 0 Å². The molecule has 1 aromatic heterocycles. The fourth-order valence-electron chi connectivity index (χ4n) is 5.35. The topological polar surface area (TPSA) is 37.3 Å². The van der Waals surface area contributed by atoms with Crippen molar-refractivity contribution in [1.82, 2.24) is 14.8 Å². The molecule has 2 aliphatic heterocycles. The molecule has 0 spiro atoms. The average Bonchev–Trinajstić information content (AvgIpc) is 3.08. The Kier molecular flexibility index (Phi) is 5.34. The van der Waals surface area contributed by atoms with E-state index in [2.05, 4.69) is 35.0 Å². The van der Waals surface area contributed by atoms with Crippen molar-refractivity contribution in [3.8, 4) is 0 Å². The number of piperidine rings is 1. The van der Waals surface area contributed by atoms with E-state index in [1.54, 1.807) is 0 Å². The molecule has 30 heavy (non-hydrogen) atoms. The average molecular weight is 402 g/mol. The maximum atomic E-state index is 12.6. The second-order valence-electron chi connectivity index (χ2n) is 8.77. The Morgan fingerprint density at radius 2 is 1.83 bits per heavy atom. The van der Waals surface area contributed by atoms with E-state index in [0.717, 1.165) is 51.0 Å². The van der Waals surface area contributed by atoms with Crippen molar-refractivity contribution in [2.75, 3.05) is 19.6 Å². The first kappa shape index (κ1) is 19.4. The van der Waals surface area contributed by atoms with Crippen LogP contribution in [0.4, 0.5) is 0 Å². The van der Waals surface area contributed by atoms with Gasteiger partial charge in [-0.25, -0.2) is 0 Å². The van der Waals surface area contributed by atoms with E-state index in [4.69, 9.17) is 0 Å². The lowest BCUT2D eigenvalue weighted by Gasteiger charge is -2.32. The molecule has 1 fully saturated rings. The van der Waals surface area contributed by atoms with Gasteiger partial charge in [0.15, 0.2) is 0 Å². The molecular formula is C26H31N3O. The van der Waals surface area contributed by atoms with Crippen molar-refractivity contribution >= 4 is 16.8 Å². The summed E-state index contributed by atoms with van der Waals surface area (Å²) in [7, 11) is 0. The third-order valence-electron chi connectivity index (χ3n) is 6.99. The van der Waals surface area contributed by atoms with Crippen LogP contribution >= 0.6 is 0 Å². The summed E-state index contributed by atoms with van der Waals surface area (Å²) in [5.41, 5.74) is 6.74. The number of aryl methyl sites for hydroxylation is 2. The van der Waals surface area contributed by atoms with Gasteiger partial charge in [-0.1, -0.05) is 36.4 Å². The van der Waals surface area contributed by atoms with E-state index in [9.17, 15) is 4.79 Å². The largest absolute Gasteiger partial charge is 0.344 e. The summed E-state index contributed by atoms with van der Waals surface area (Å²) >= 11 is 0. The number of para-hydroxylation sites is 1. The highest BCUT2D eigenvalue weighted by Gasteiger charge is 2.24. The minimum Gasteiger partial charge on any atom is -0.344 e. The highest BCUT2D eigenvalue weighted by atomic mass is 16.2. The van der Waals surface area contributed by atoms with Gasteiger partial charge in [0.25, 0.3) is 5.91 Å². The highest BCUT2D eigenvalue weighted by Crippen LogP contribution is 2.32. The van der Waals surface area contributed by atoms with Gasteiger partial charge in [-0.2, -0.15) is 0 Å². The molecule has 3 aromatic rings. The van der Waals surface area contributed by atoms with Gasteiger partial charge in [0.1, 0.15) is 0 Å². The number of likely N-dealkylation sites (tertiary alicyclic amines) is 1. The third kappa shape index (κ3) is 3.54. The molecule has 3 heterocycles. The molecular weight excluding hydrogens is 370 g/mol. The third-order valence-corrected chi connectivity index (χ3v) is 6.99. The van der Waals surface area contributed by atoms with E-state index >= 15 is 0 Å². The van der Waals surface area contributed by atoms with Crippen LogP contribution in [0.15, 0.2) is 48.5 Å². The van der Waals surface area contributed by atoms with E-state index in [-0.39, 0.29) is 5.91 Å². The Hall–Kier alpha value is -2.59. The van der Waals surface area contributed by atoms with Crippen LogP contribution in [0.1, 0.15) is 46.4 Å². The zero-order valence-electron chi connectivity index (χ0n) is 17.9. The number of aromatic nitrogens is 1. The predicted octanol–water partition coefficient (Wildman–Crippen LogP) is 4.33. The van der Waals surface area contributed by atoms with E-state index in [1.165, 1.54) is 40.6 Å². The first-order chi connectivity index (χ1) is 14.7. The van der Waals surface area contributed by atoms with Gasteiger partial charge in [-0.3, -0.25) is 4.79 Å². The normalized spacial score (nSPS) is 16.9. The molecule has 5 rings (SSSR count). The summed E-state index contributed by atoms with van der Waals surface area (Å²) in [6, 6.07) is 17.0. The van der Waals surface area contributed by atoms with Crippen LogP contribution < -0.4 is 5.32 Å². The van der Waals surface area contributed by atoms with Crippen molar-refractivity contribution in [3.63, 3.8) is 0 Å². The van der Waals surface area contributed by atoms with Crippen LogP contribution in [0, 0.1) is 6.92 Å². The standard InChI is InChI=1S/C26H31N3O/c1-19-23(24-11-5-9-20-10-6-16-29(19)25(20)24)12-15-27-22-13-17-28(18-14-22)26(30)21-7-3-2-4-8-21/h2-5,7-9,11,22,27H,6,10,12-18H2,1H3. The van der Waals surface area contributed by atoms with Crippen molar-refractivity contribution in [3.05, 3.63) is 70.9 Å². The van der Waals surface area contributed by atoms with Crippen LogP contribution in [-0.4, -0.2) is 41.1 Å². The number of hydrogen-bond acceptors (Lipinski definition) is 2. The first-order valence-corrected chi connectivity index (χ1v) is 11.4. The Morgan fingerprint density at radius 3 is 2.63 bits per heavy atom. The Balaban J connectivity index is 1.18. The minimum atomic E-state index is 0.166. The van der Waals surface area contributed by atoms with E-state index in [1.807, 2.05) is 35.2 Å². The van der Waals surface area contributed by atoms with Crippen molar-refractivity contribution < 1.29 is 4.79 Å². The molecule has 0 radical (unpaired) electrons. The molecule has 156 valence electrons. The van der Waals surface area contributed by atoms with Gasteiger partial charge in [0.05, 0.1) is 5.52 Å². The lowest BCUT2D eigenvalue weighted by Crippen LogP contribution is -2.45. The summed E-state index contributed by atoms with van der Waals surface area (Å²) in [6.07, 6.45) is 5.59. The zero-order valence-corrected chi connectivity index (χ0v) is 17.9. The van der Waals surface area contributed by atoms with Crippen LogP contribution in [0.25, 0.3) is 10.9 Å². The summed E-state index contributed by atoms with van der Waals surface area (Å²) in [5.74, 6) is 0.166. The van der Waals surface area contributed by atoms with Crippen LogP contribution in [0.5, 0.6) is 0 Å². The molecule has 0 aliphatic carbocycles. The molecule has 4 nitrogen and oxygen atoms in total. The highest BCUT2D eigenvalue weighted by molar-refractivity contribution is 5.94. The van der Waals surface area contributed by atoms with Crippen molar-refractivity contribution in [2.24, 2.45) is 0 Å². The number of carbonyl (C=O) groups is 1. The molecule has 1 N–H and O–H groups in total. The summed E-state index contributed by atoms with van der Waals surface area (Å²) in [6.45, 7) is 6.13. The van der Waals surface area contributed by atoms with Gasteiger partial charge in [0, 0.05) is 42.3 Å². The van der Waals surface area contributed by atoms with Crippen molar-refractivity contribution in [1.29, 1.82) is 0 Å². The SMILES string of the molecule is Cc1c(CCNC2CCN(C(=O)c3ccccc3)CC2)c2cccc3c2n1CCC3. The molecule has 0 atom stereocenters. The van der Waals surface area contributed by atoms with Gasteiger partial charge in [-0.15, -0.1) is 0 Å². The predicted molar refractivity (Wildman–Crippen MR) is 122 cm³/mol. The molecule has 2 aromatic carbocycles. The lowest BCUT2D eigenvalue weighted by molar-refractivity contribution is 0.0705. The second-order valence-corrected chi connectivity index (χ2v) is 8.77. The smallest absolute Gasteiger partial charge is 0.253 e. The molecule has 0 unspecified atom stereocenters. The molecule has 0 bridgehead atoms. The van der Waals surface area contributed by atoms with E-state index < -0.39 is 0 Å². The number of nitrogens with one attached hydrogen (secondary N) is 1. The summed E-state index contributed by atoms with van der Waals surface area (Å²) in [5, 5.41) is 5.23. The zero-order chi connectivity index (χ0) is 20.5. The lowest BCUT2D eigenvalue weighted by atomic mass is 10.0. The maximum absolute atomic E-state index is 12.6. The first-order valence-electron chi connectivity index (χ1n) is 11.4. The molecule has 0 saturated carbocycles. The number of amides is 1. The molecule has 1 saturated heterocycles. The van der Waals surface area contributed by atoms with Crippen LogP contribution in [-0.2, 0) is 19.4 Å². The Labute approximate surface area is 178 Å². The second kappa shape index (κ2) is 8.27. The van der Waals surface area contributed by atoms with Gasteiger partial charge >= 0.3 is 0 Å². The van der Waals surface area contributed by atoms with Gasteiger partial charge in [-0.05, 0) is 68.8 Å². The summed E-state index contributed by atoms with van der Waals surface area (Å²) < 4.78 is 2.54. The van der Waals surface area contributed by atoms with Crippen molar-refractivity contribution in [2.45, 2.75) is 51.6 Å². The fraction of sp³-hybridized carbons (Fsp3) is 0.423. The molecule has 1 amide bonds. The van der Waals surface area contributed by atoms with Crippen LogP contribution in [0.2, 0.25) is 0 Å². The number of carbonyl (C=O) groups excluding carboxylic acids is 1. The summed E-state index contributed by atoms with van der Waals surface area (Å²) in [4.78, 5) is 14.6. The maximum Gasteiger partial charge on any atom is 0.253 e. The number of hydrogen-bond donors (Lipinski definition) is 1. The molecule has 4 heteroatoms. The van der Waals surface area contributed by atoms with Gasteiger partial charge < -0.3 is 14.8 Å². The number of rotatable bonds is 5. The quantitative estimate of drug-likeness (QED) is 0.691. The minimum absolute atomic E-state index is 0.166. The van der Waals surface area contributed by atoms with E-state index in [0.29, 0.717) is 6.04 Å². The van der Waals surface area contributed by atoms with Crippen LogP contribution in [0.3, 0.4) is 0 Å². The Bertz CT molecular complexity index is 1050.